The van der Waals surface area contributed by atoms with Crippen LogP contribution in [-0.2, 0) is 0 Å². The summed E-state index contributed by atoms with van der Waals surface area (Å²) in [6.45, 7) is 3.98. The fourth-order valence-corrected chi connectivity index (χ4v) is 8.85. The number of aromatic amines is 2. The standard InChI is InChI=1S/C36H32ClN7O6S/c1-18-17-51-33-24(30-16-41(2)7-8-42(30)36(47)48)13-29-32(31(18)33)21(14-37)15-43(29)35(46)28-12-19-9-22(3-5-25(19)40-28)38-34(45)27-11-20-10-23(44(49)50)4-6-26(20)39-27/h3-6,9-13,17,21,30,39-40H,7-8,14-16H2,1-2H3,(H,38,45)(H,47,48)/t21-,30?/m1/s1. The number of hydrogen-bond acceptors (Lipinski definition) is 7. The molecule has 15 heteroatoms. The molecular weight excluding hydrogens is 694 g/mol. The van der Waals surface area contributed by atoms with Gasteiger partial charge in [0.2, 0.25) is 0 Å². The van der Waals surface area contributed by atoms with Crippen LogP contribution in [0, 0.1) is 17.0 Å². The molecule has 0 bridgehead atoms. The number of non-ortho nitro benzene ring substituents is 1. The molecule has 3 aromatic carbocycles. The maximum atomic E-state index is 14.3. The van der Waals surface area contributed by atoms with Crippen molar-refractivity contribution < 1.29 is 24.4 Å². The van der Waals surface area contributed by atoms with E-state index in [0.717, 1.165) is 32.5 Å². The summed E-state index contributed by atoms with van der Waals surface area (Å²) >= 11 is 8.15. The van der Waals surface area contributed by atoms with Gasteiger partial charge in [-0.3, -0.25) is 24.6 Å². The molecule has 1 saturated heterocycles. The topological polar surface area (TPSA) is 168 Å². The Morgan fingerprint density at radius 1 is 1.02 bits per heavy atom. The monoisotopic (exact) mass is 725 g/mol. The van der Waals surface area contributed by atoms with Gasteiger partial charge in [-0.05, 0) is 78.5 Å². The fourth-order valence-electron chi connectivity index (χ4n) is 7.46. The number of halogens is 1. The van der Waals surface area contributed by atoms with Crippen LogP contribution in [0.15, 0.2) is 60.0 Å². The number of aryl methyl sites for hydroxylation is 1. The molecule has 8 rings (SSSR count). The number of likely N-dealkylation sites (N-methyl/N-ethyl adjacent to an activating group) is 1. The molecule has 4 N–H and O–H groups in total. The molecular formula is C36H32ClN7O6S. The number of carbonyl (C=O) groups is 3. The van der Waals surface area contributed by atoms with Crippen molar-refractivity contribution >= 4 is 89.8 Å². The van der Waals surface area contributed by atoms with Gasteiger partial charge in [0.15, 0.2) is 0 Å². The molecule has 6 aromatic rings. The van der Waals surface area contributed by atoms with E-state index < -0.39 is 23.0 Å². The van der Waals surface area contributed by atoms with Crippen molar-refractivity contribution in [1.29, 1.82) is 0 Å². The highest BCUT2D eigenvalue weighted by Crippen LogP contribution is 2.49. The first-order valence-electron chi connectivity index (χ1n) is 16.3. The van der Waals surface area contributed by atoms with Crippen molar-refractivity contribution in [3.63, 3.8) is 0 Å². The summed E-state index contributed by atoms with van der Waals surface area (Å²) in [5.41, 5.74) is 6.05. The van der Waals surface area contributed by atoms with Gasteiger partial charge in [-0.25, -0.2) is 4.79 Å². The number of piperazine rings is 1. The zero-order valence-corrected chi connectivity index (χ0v) is 29.1. The van der Waals surface area contributed by atoms with E-state index in [1.54, 1.807) is 52.6 Å². The molecule has 3 aromatic heterocycles. The highest BCUT2D eigenvalue weighted by Gasteiger charge is 2.39. The smallest absolute Gasteiger partial charge is 0.407 e. The SMILES string of the molecule is Cc1csc2c(C3CN(C)CCN3C(=O)O)cc3c(c12)[C@H](CCl)CN3C(=O)c1cc2cc(NC(=O)c3cc4cc([N+](=O)[O-])ccc4[nH]3)ccc2[nH]1. The Kier molecular flexibility index (Phi) is 7.96. The van der Waals surface area contributed by atoms with Crippen LogP contribution in [0.1, 0.15) is 49.6 Å². The maximum Gasteiger partial charge on any atom is 0.407 e. The average Bonchev–Trinajstić information content (AvgIpc) is 3.90. The number of benzene rings is 3. The van der Waals surface area contributed by atoms with Crippen LogP contribution in [-0.4, -0.2) is 86.8 Å². The summed E-state index contributed by atoms with van der Waals surface area (Å²) in [7, 11) is 1.99. The van der Waals surface area contributed by atoms with Crippen LogP contribution >= 0.6 is 22.9 Å². The Balaban J connectivity index is 1.11. The lowest BCUT2D eigenvalue weighted by atomic mass is 9.92. The van der Waals surface area contributed by atoms with Gasteiger partial charge in [0.1, 0.15) is 11.4 Å². The first kappa shape index (κ1) is 32.7. The third-order valence-electron chi connectivity index (χ3n) is 9.97. The second-order valence-corrected chi connectivity index (χ2v) is 14.4. The highest BCUT2D eigenvalue weighted by atomic mass is 35.5. The van der Waals surface area contributed by atoms with Crippen LogP contribution in [0.4, 0.5) is 21.9 Å². The van der Waals surface area contributed by atoms with E-state index in [2.05, 4.69) is 25.6 Å². The first-order valence-corrected chi connectivity index (χ1v) is 17.7. The number of H-pyrrole nitrogens is 2. The second kappa shape index (κ2) is 12.4. The number of nitrogens with one attached hydrogen (secondary N) is 3. The van der Waals surface area contributed by atoms with Crippen molar-refractivity contribution in [3.8, 4) is 0 Å². The predicted molar refractivity (Wildman–Crippen MR) is 198 cm³/mol. The molecule has 0 aliphatic carbocycles. The van der Waals surface area contributed by atoms with Crippen LogP contribution in [0.3, 0.4) is 0 Å². The number of aromatic nitrogens is 2. The molecule has 0 saturated carbocycles. The minimum Gasteiger partial charge on any atom is -0.465 e. The Morgan fingerprint density at radius 2 is 1.75 bits per heavy atom. The molecule has 0 spiro atoms. The maximum absolute atomic E-state index is 14.3. The van der Waals surface area contributed by atoms with Crippen LogP contribution < -0.4 is 10.2 Å². The van der Waals surface area contributed by atoms with Crippen molar-refractivity contribution in [3.05, 3.63) is 98.2 Å². The lowest BCUT2D eigenvalue weighted by Gasteiger charge is -2.39. The molecule has 13 nitrogen and oxygen atoms in total. The summed E-state index contributed by atoms with van der Waals surface area (Å²) < 4.78 is 1.02. The Bertz CT molecular complexity index is 2440. The van der Waals surface area contributed by atoms with E-state index >= 15 is 0 Å². The third-order valence-corrected chi connectivity index (χ3v) is 11.5. The van der Waals surface area contributed by atoms with Crippen LogP contribution in [0.2, 0.25) is 0 Å². The number of alkyl halides is 1. The largest absolute Gasteiger partial charge is 0.465 e. The minimum atomic E-state index is -0.970. The highest BCUT2D eigenvalue weighted by molar-refractivity contribution is 7.17. The number of thiophene rings is 1. The third kappa shape index (κ3) is 5.55. The van der Waals surface area contributed by atoms with Crippen molar-refractivity contribution in [1.82, 2.24) is 19.8 Å². The lowest BCUT2D eigenvalue weighted by Crippen LogP contribution is -2.48. The minimum absolute atomic E-state index is 0.0653. The summed E-state index contributed by atoms with van der Waals surface area (Å²) in [6.07, 6.45) is -0.970. The molecule has 1 fully saturated rings. The first-order chi connectivity index (χ1) is 24.5. The molecule has 5 heterocycles. The normalized spacial score (nSPS) is 17.8. The van der Waals surface area contributed by atoms with Crippen molar-refractivity contribution in [2.75, 3.05) is 49.3 Å². The Labute approximate surface area is 299 Å². The van der Waals surface area contributed by atoms with Crippen LogP contribution in [0.5, 0.6) is 0 Å². The molecule has 2 aliphatic heterocycles. The van der Waals surface area contributed by atoms with Crippen molar-refractivity contribution in [2.24, 2.45) is 0 Å². The van der Waals surface area contributed by atoms with Gasteiger partial charge in [-0.2, -0.15) is 0 Å². The van der Waals surface area contributed by atoms with E-state index in [-0.39, 0.29) is 23.2 Å². The predicted octanol–water partition coefficient (Wildman–Crippen LogP) is 7.28. The summed E-state index contributed by atoms with van der Waals surface area (Å²) in [4.78, 5) is 62.1. The van der Waals surface area contributed by atoms with Gasteiger partial charge < -0.3 is 30.2 Å². The number of anilines is 2. The summed E-state index contributed by atoms with van der Waals surface area (Å²) in [6, 6.07) is 14.5. The zero-order chi connectivity index (χ0) is 35.7. The number of nitro benzene ring substituents is 1. The number of hydrogen-bond donors (Lipinski definition) is 4. The van der Waals surface area contributed by atoms with Gasteiger partial charge in [-0.15, -0.1) is 22.9 Å². The van der Waals surface area contributed by atoms with E-state index in [9.17, 15) is 29.6 Å². The van der Waals surface area contributed by atoms with Gasteiger partial charge in [-0.1, -0.05) is 0 Å². The van der Waals surface area contributed by atoms with E-state index in [0.29, 0.717) is 65.2 Å². The molecule has 1 unspecified atom stereocenters. The zero-order valence-electron chi connectivity index (χ0n) is 27.5. The average molecular weight is 726 g/mol. The van der Waals surface area contributed by atoms with E-state index in [4.69, 9.17) is 11.6 Å². The van der Waals surface area contributed by atoms with Gasteiger partial charge in [0.25, 0.3) is 17.5 Å². The van der Waals surface area contributed by atoms with E-state index in [1.165, 1.54) is 17.0 Å². The molecule has 3 amide bonds. The van der Waals surface area contributed by atoms with Gasteiger partial charge >= 0.3 is 6.09 Å². The van der Waals surface area contributed by atoms with Crippen LogP contribution in [0.25, 0.3) is 31.9 Å². The van der Waals surface area contributed by atoms with Crippen molar-refractivity contribution in [2.45, 2.75) is 18.9 Å². The second-order valence-electron chi connectivity index (χ2n) is 13.2. The molecule has 51 heavy (non-hydrogen) atoms. The number of rotatable bonds is 6. The number of amides is 3. The van der Waals surface area contributed by atoms with Gasteiger partial charge in [0.05, 0.1) is 11.0 Å². The number of nitro groups is 1. The Morgan fingerprint density at radius 3 is 2.49 bits per heavy atom. The Hall–Kier alpha value is -5.44. The number of carboxylic acid groups (broad SMARTS) is 1. The molecule has 260 valence electrons. The molecule has 0 radical (unpaired) electrons. The van der Waals surface area contributed by atoms with Gasteiger partial charge in [0, 0.05) is 93.4 Å². The quantitative estimate of drug-likeness (QED) is 0.0795. The molecule has 2 atom stereocenters. The fraction of sp³-hybridized carbons (Fsp3) is 0.250. The lowest BCUT2D eigenvalue weighted by molar-refractivity contribution is -0.384. The number of carbonyl (C=O) groups excluding carboxylic acids is 2. The van der Waals surface area contributed by atoms with E-state index in [1.807, 2.05) is 20.0 Å². The molecule has 2 aliphatic rings. The number of nitrogens with zero attached hydrogens (tertiary/aromatic N) is 4. The summed E-state index contributed by atoms with van der Waals surface area (Å²) in [5, 5.41) is 28.5. The summed E-state index contributed by atoms with van der Waals surface area (Å²) in [5.74, 6) is -0.456. The number of fused-ring (bicyclic) bond motifs is 5.